The van der Waals surface area contributed by atoms with E-state index in [4.69, 9.17) is 15.5 Å². The van der Waals surface area contributed by atoms with Gasteiger partial charge in [0.15, 0.2) is 9.84 Å². The normalized spacial score (nSPS) is 12.6. The van der Waals surface area contributed by atoms with Gasteiger partial charge in [-0.3, -0.25) is 4.57 Å². The summed E-state index contributed by atoms with van der Waals surface area (Å²) in [7, 11) is -7.54. The minimum absolute atomic E-state index is 0.0705. The van der Waals surface area contributed by atoms with Crippen LogP contribution < -0.4 is 5.73 Å². The first kappa shape index (κ1) is 15.2. The van der Waals surface area contributed by atoms with Gasteiger partial charge in [-0.05, 0) is 25.0 Å². The van der Waals surface area contributed by atoms with E-state index in [1.807, 2.05) is 0 Å². The Morgan fingerprint density at radius 2 is 1.78 bits per heavy atom. The second kappa shape index (κ2) is 5.84. The Hall–Kier alpha value is -0.880. The van der Waals surface area contributed by atoms with E-state index in [1.165, 1.54) is 12.1 Å². The molecule has 0 saturated carbocycles. The lowest BCUT2D eigenvalue weighted by Crippen LogP contribution is -2.09. The Labute approximate surface area is 106 Å². The maximum Gasteiger partial charge on any atom is 0.325 e. The summed E-state index contributed by atoms with van der Waals surface area (Å²) < 4.78 is 34.4. The lowest BCUT2D eigenvalue weighted by Gasteiger charge is -2.07. The summed E-state index contributed by atoms with van der Waals surface area (Å²) >= 11 is 0. The van der Waals surface area contributed by atoms with Gasteiger partial charge in [0.1, 0.15) is 0 Å². The van der Waals surface area contributed by atoms with Crippen LogP contribution in [0.3, 0.4) is 0 Å². The van der Waals surface area contributed by atoms with Crippen molar-refractivity contribution in [2.75, 3.05) is 17.6 Å². The molecule has 0 aliphatic carbocycles. The second-order valence-electron chi connectivity index (χ2n) is 3.95. The number of hydrogen-bond acceptors (Lipinski definition) is 4. The summed E-state index contributed by atoms with van der Waals surface area (Å²) in [6.07, 6.45) is 0.0603. The van der Waals surface area contributed by atoms with Gasteiger partial charge in [-0.15, -0.1) is 0 Å². The number of para-hydroxylation sites is 1. The molecule has 1 aromatic carbocycles. The molecule has 0 aliphatic rings. The Morgan fingerprint density at radius 3 is 2.33 bits per heavy atom. The molecule has 0 fully saturated rings. The fourth-order valence-corrected chi connectivity index (χ4v) is 3.64. The molecular formula is C10H16NO5PS. The van der Waals surface area contributed by atoms with Crippen molar-refractivity contribution in [3.05, 3.63) is 24.3 Å². The van der Waals surface area contributed by atoms with Crippen LogP contribution >= 0.6 is 7.60 Å². The lowest BCUT2D eigenvalue weighted by molar-refractivity contribution is 0.371. The van der Waals surface area contributed by atoms with Crippen LogP contribution in [-0.4, -0.2) is 30.1 Å². The Morgan fingerprint density at radius 1 is 1.17 bits per heavy atom. The van der Waals surface area contributed by atoms with E-state index in [1.54, 1.807) is 12.1 Å². The third kappa shape index (κ3) is 4.78. The summed E-state index contributed by atoms with van der Waals surface area (Å²) in [6, 6.07) is 6.15. The van der Waals surface area contributed by atoms with Crippen LogP contribution in [0.2, 0.25) is 0 Å². The Balaban J connectivity index is 2.62. The van der Waals surface area contributed by atoms with Crippen LogP contribution in [0.4, 0.5) is 5.69 Å². The smallest absolute Gasteiger partial charge is 0.325 e. The molecule has 8 heteroatoms. The topological polar surface area (TPSA) is 118 Å². The number of hydrogen-bond donors (Lipinski definition) is 3. The molecule has 0 bridgehead atoms. The van der Waals surface area contributed by atoms with Gasteiger partial charge >= 0.3 is 7.60 Å². The third-order valence-corrected chi connectivity index (χ3v) is 5.13. The van der Waals surface area contributed by atoms with Crippen molar-refractivity contribution < 1.29 is 22.8 Å². The number of benzene rings is 1. The Bertz CT molecular complexity index is 551. The van der Waals surface area contributed by atoms with E-state index in [9.17, 15) is 13.0 Å². The standard InChI is InChI=1S/C10H16NO5PS/c11-9-5-1-2-6-10(9)18(15,16)8-4-3-7-17(12,13)14/h1-2,5-6H,3-4,7-8,11H2,(H2,12,13,14). The molecule has 0 unspecified atom stereocenters. The van der Waals surface area contributed by atoms with Crippen molar-refractivity contribution >= 4 is 23.1 Å². The molecule has 0 saturated heterocycles. The van der Waals surface area contributed by atoms with E-state index >= 15 is 0 Å². The number of anilines is 1. The van der Waals surface area contributed by atoms with Gasteiger partial charge in [-0.25, -0.2) is 8.42 Å². The van der Waals surface area contributed by atoms with Crippen LogP contribution in [0.1, 0.15) is 12.8 Å². The molecule has 0 aromatic heterocycles. The maximum absolute atomic E-state index is 11.9. The highest BCUT2D eigenvalue weighted by atomic mass is 32.2. The van der Waals surface area contributed by atoms with Crippen LogP contribution in [0, 0.1) is 0 Å². The zero-order valence-corrected chi connectivity index (χ0v) is 11.4. The van der Waals surface area contributed by atoms with Crippen molar-refractivity contribution in [3.8, 4) is 0 Å². The average molecular weight is 293 g/mol. The van der Waals surface area contributed by atoms with E-state index in [-0.39, 0.29) is 35.3 Å². The van der Waals surface area contributed by atoms with Gasteiger partial charge in [0.25, 0.3) is 0 Å². The molecule has 0 aliphatic heterocycles. The molecule has 1 rings (SSSR count). The van der Waals surface area contributed by atoms with Crippen molar-refractivity contribution in [1.29, 1.82) is 0 Å². The first-order valence-electron chi connectivity index (χ1n) is 5.34. The first-order valence-corrected chi connectivity index (χ1v) is 8.79. The van der Waals surface area contributed by atoms with Crippen LogP contribution in [-0.2, 0) is 14.4 Å². The highest BCUT2D eigenvalue weighted by molar-refractivity contribution is 7.91. The van der Waals surface area contributed by atoms with E-state index in [0.717, 1.165) is 0 Å². The molecule has 0 atom stereocenters. The minimum atomic E-state index is -4.05. The number of rotatable bonds is 6. The zero-order valence-electron chi connectivity index (χ0n) is 9.69. The summed E-state index contributed by atoms with van der Waals surface area (Å²) in [5.74, 6) is -0.165. The molecule has 4 N–H and O–H groups in total. The monoisotopic (exact) mass is 293 g/mol. The summed E-state index contributed by atoms with van der Waals surface area (Å²) in [4.78, 5) is 17.4. The molecule has 18 heavy (non-hydrogen) atoms. The van der Waals surface area contributed by atoms with E-state index < -0.39 is 17.4 Å². The van der Waals surface area contributed by atoms with Gasteiger partial charge in [0, 0.05) is 6.16 Å². The molecule has 0 heterocycles. The first-order chi connectivity index (χ1) is 8.22. The fourth-order valence-electron chi connectivity index (χ4n) is 1.48. The molecule has 0 spiro atoms. The molecule has 102 valence electrons. The van der Waals surface area contributed by atoms with E-state index in [2.05, 4.69) is 0 Å². The summed E-state index contributed by atoms with van der Waals surface area (Å²) in [5.41, 5.74) is 5.76. The van der Waals surface area contributed by atoms with Gasteiger partial charge in [-0.1, -0.05) is 12.1 Å². The quantitative estimate of drug-likeness (QED) is 0.409. The zero-order chi connectivity index (χ0) is 13.8. The average Bonchev–Trinajstić information content (AvgIpc) is 2.24. The highest BCUT2D eigenvalue weighted by Crippen LogP contribution is 2.35. The van der Waals surface area contributed by atoms with Gasteiger partial charge in [0.2, 0.25) is 0 Å². The highest BCUT2D eigenvalue weighted by Gasteiger charge is 2.18. The lowest BCUT2D eigenvalue weighted by atomic mass is 10.3. The van der Waals surface area contributed by atoms with Gasteiger partial charge in [-0.2, -0.15) is 0 Å². The minimum Gasteiger partial charge on any atom is -0.398 e. The molecule has 0 radical (unpaired) electrons. The number of sulfone groups is 1. The summed E-state index contributed by atoms with van der Waals surface area (Å²) in [6.45, 7) is 0. The summed E-state index contributed by atoms with van der Waals surface area (Å²) in [5, 5.41) is 0. The van der Waals surface area contributed by atoms with Crippen LogP contribution in [0.25, 0.3) is 0 Å². The molecular weight excluding hydrogens is 277 g/mol. The fraction of sp³-hybridized carbons (Fsp3) is 0.400. The Kier molecular flexibility index (Phi) is 4.92. The van der Waals surface area contributed by atoms with Crippen molar-refractivity contribution in [3.63, 3.8) is 0 Å². The predicted molar refractivity (Wildman–Crippen MR) is 69.1 cm³/mol. The van der Waals surface area contributed by atoms with Crippen LogP contribution in [0.15, 0.2) is 29.2 Å². The number of nitrogens with two attached hydrogens (primary N) is 1. The molecule has 1 aromatic rings. The second-order valence-corrected chi connectivity index (χ2v) is 7.81. The number of unbranched alkanes of at least 4 members (excludes halogenated alkanes) is 1. The predicted octanol–water partition coefficient (Wildman–Crippen LogP) is 1.00. The van der Waals surface area contributed by atoms with Crippen molar-refractivity contribution in [2.24, 2.45) is 0 Å². The third-order valence-electron chi connectivity index (χ3n) is 2.37. The molecule has 6 nitrogen and oxygen atoms in total. The SMILES string of the molecule is Nc1ccccc1S(=O)(=O)CCCCP(=O)(O)O. The molecule has 0 amide bonds. The van der Waals surface area contributed by atoms with Crippen LogP contribution in [0.5, 0.6) is 0 Å². The van der Waals surface area contributed by atoms with Crippen molar-refractivity contribution in [1.82, 2.24) is 0 Å². The number of nitrogen functional groups attached to an aromatic ring is 1. The largest absolute Gasteiger partial charge is 0.398 e. The van der Waals surface area contributed by atoms with Gasteiger partial charge < -0.3 is 15.5 Å². The van der Waals surface area contributed by atoms with Crippen molar-refractivity contribution in [2.45, 2.75) is 17.7 Å². The van der Waals surface area contributed by atoms with Gasteiger partial charge in [0.05, 0.1) is 16.3 Å². The van der Waals surface area contributed by atoms with E-state index in [0.29, 0.717) is 0 Å². The maximum atomic E-state index is 11.9.